The lowest BCUT2D eigenvalue weighted by Crippen LogP contribution is -2.33. The summed E-state index contributed by atoms with van der Waals surface area (Å²) >= 11 is 0. The molecule has 2 heterocycles. The van der Waals surface area contributed by atoms with Crippen molar-refractivity contribution in [2.45, 2.75) is 39.2 Å². The summed E-state index contributed by atoms with van der Waals surface area (Å²) in [5, 5.41) is 7.50. The number of hydrogen-bond acceptors (Lipinski definition) is 4. The second-order valence-corrected chi connectivity index (χ2v) is 9.20. The molecule has 0 radical (unpaired) electrons. The number of amides is 1. The van der Waals surface area contributed by atoms with Crippen LogP contribution in [0.5, 0.6) is 5.75 Å². The van der Waals surface area contributed by atoms with Crippen molar-refractivity contribution in [1.82, 2.24) is 4.98 Å². The highest BCUT2D eigenvalue weighted by Crippen LogP contribution is 2.47. The Hall–Kier alpha value is -3.86. The summed E-state index contributed by atoms with van der Waals surface area (Å²) in [7, 11) is 0. The van der Waals surface area contributed by atoms with Gasteiger partial charge in [-0.15, -0.1) is 0 Å². The maximum absolute atomic E-state index is 11.9. The monoisotopic (exact) mass is 436 g/mol. The van der Waals surface area contributed by atoms with E-state index >= 15 is 0 Å². The molecule has 1 unspecified atom stereocenters. The standard InChI is InChI=1S/C28H24N2O3/c1-16(31)29-25-13-19-9-5-7-11-21(19)23-15-28(3,33-27(23)25)14-22-20-10-6-4-8-18(20)12-24-26(22)32-17(2)30-24/h4-13H,14-15H2,1-3H3,(H,29,31). The van der Waals surface area contributed by atoms with Gasteiger partial charge >= 0.3 is 0 Å². The zero-order valence-corrected chi connectivity index (χ0v) is 18.9. The first-order valence-corrected chi connectivity index (χ1v) is 11.2. The zero-order chi connectivity index (χ0) is 22.7. The number of anilines is 1. The van der Waals surface area contributed by atoms with Crippen LogP contribution in [0.3, 0.4) is 0 Å². The third kappa shape index (κ3) is 3.23. The average molecular weight is 437 g/mol. The van der Waals surface area contributed by atoms with Gasteiger partial charge in [-0.25, -0.2) is 4.98 Å². The predicted octanol–water partition coefficient (Wildman–Crippen LogP) is 6.34. The van der Waals surface area contributed by atoms with Gasteiger partial charge in [0, 0.05) is 37.8 Å². The molecule has 0 bridgehead atoms. The van der Waals surface area contributed by atoms with Crippen LogP contribution in [0.15, 0.2) is 65.1 Å². The molecular formula is C28H24N2O3. The van der Waals surface area contributed by atoms with Crippen molar-refractivity contribution in [3.8, 4) is 5.75 Å². The number of carbonyl (C=O) groups is 1. The number of aryl methyl sites for hydroxylation is 1. The second-order valence-electron chi connectivity index (χ2n) is 9.20. The molecule has 0 saturated heterocycles. The smallest absolute Gasteiger partial charge is 0.221 e. The van der Waals surface area contributed by atoms with Crippen molar-refractivity contribution in [3.63, 3.8) is 0 Å². The van der Waals surface area contributed by atoms with E-state index in [1.165, 1.54) is 6.92 Å². The number of nitrogens with one attached hydrogen (secondary N) is 1. The Morgan fingerprint density at radius 1 is 1.06 bits per heavy atom. The van der Waals surface area contributed by atoms with Crippen LogP contribution < -0.4 is 10.1 Å². The van der Waals surface area contributed by atoms with Crippen molar-refractivity contribution in [3.05, 3.63) is 77.7 Å². The topological polar surface area (TPSA) is 64.4 Å². The lowest BCUT2D eigenvalue weighted by atomic mass is 9.87. The van der Waals surface area contributed by atoms with Gasteiger partial charge in [0.15, 0.2) is 11.5 Å². The van der Waals surface area contributed by atoms with E-state index in [0.29, 0.717) is 12.3 Å². The normalized spacial score (nSPS) is 17.4. The lowest BCUT2D eigenvalue weighted by Gasteiger charge is -2.25. The van der Waals surface area contributed by atoms with Gasteiger partial charge in [0.1, 0.15) is 16.9 Å². The maximum Gasteiger partial charge on any atom is 0.221 e. The van der Waals surface area contributed by atoms with Crippen LogP contribution in [0.25, 0.3) is 32.6 Å². The molecule has 1 amide bonds. The Morgan fingerprint density at radius 2 is 1.76 bits per heavy atom. The minimum absolute atomic E-state index is 0.113. The average Bonchev–Trinajstić information content (AvgIpc) is 3.33. The third-order valence-electron chi connectivity index (χ3n) is 6.48. The number of benzene rings is 4. The van der Waals surface area contributed by atoms with Crippen molar-refractivity contribution in [2.75, 3.05) is 5.32 Å². The Labute approximate surface area is 191 Å². The summed E-state index contributed by atoms with van der Waals surface area (Å²) in [6.07, 6.45) is 1.39. The molecule has 5 nitrogen and oxygen atoms in total. The van der Waals surface area contributed by atoms with Gasteiger partial charge in [0.05, 0.1) is 5.69 Å². The van der Waals surface area contributed by atoms with Crippen LogP contribution in [0.1, 0.15) is 30.9 Å². The number of fused-ring (bicyclic) bond motifs is 5. The molecule has 1 aliphatic rings. The lowest BCUT2D eigenvalue weighted by molar-refractivity contribution is -0.114. The van der Waals surface area contributed by atoms with Crippen LogP contribution >= 0.6 is 0 Å². The van der Waals surface area contributed by atoms with E-state index in [9.17, 15) is 4.79 Å². The van der Waals surface area contributed by atoms with Gasteiger partial charge in [-0.2, -0.15) is 0 Å². The molecule has 1 aromatic heterocycles. The predicted molar refractivity (Wildman–Crippen MR) is 131 cm³/mol. The van der Waals surface area contributed by atoms with E-state index in [4.69, 9.17) is 9.15 Å². The summed E-state index contributed by atoms with van der Waals surface area (Å²) in [5.74, 6) is 1.30. The summed E-state index contributed by atoms with van der Waals surface area (Å²) in [4.78, 5) is 16.5. The Bertz CT molecular complexity index is 1580. The number of oxazole rings is 1. The highest BCUT2D eigenvalue weighted by molar-refractivity contribution is 6.00. The van der Waals surface area contributed by atoms with Crippen LogP contribution in [-0.4, -0.2) is 16.5 Å². The Kier molecular flexibility index (Phi) is 4.24. The number of carbonyl (C=O) groups excluding carboxylic acids is 1. The highest BCUT2D eigenvalue weighted by Gasteiger charge is 2.39. The fraction of sp³-hybridized carbons (Fsp3) is 0.214. The summed E-state index contributed by atoms with van der Waals surface area (Å²) < 4.78 is 12.7. The van der Waals surface area contributed by atoms with Gasteiger partial charge < -0.3 is 14.5 Å². The minimum atomic E-state index is -0.503. The van der Waals surface area contributed by atoms with E-state index in [1.807, 2.05) is 31.2 Å². The molecule has 0 saturated carbocycles. The SMILES string of the molecule is CC(=O)Nc1cc2ccccc2c2c1OC(C)(Cc1c3ccccc3cc3nc(C)oc13)C2. The van der Waals surface area contributed by atoms with E-state index in [-0.39, 0.29) is 5.91 Å². The van der Waals surface area contributed by atoms with Crippen molar-refractivity contribution < 1.29 is 13.9 Å². The molecule has 1 N–H and O–H groups in total. The van der Waals surface area contributed by atoms with Gasteiger partial charge in [0.25, 0.3) is 0 Å². The molecule has 5 aromatic rings. The van der Waals surface area contributed by atoms with E-state index in [0.717, 1.165) is 61.6 Å². The fourth-order valence-electron chi connectivity index (χ4n) is 5.21. The number of nitrogens with zero attached hydrogens (tertiary/aromatic N) is 1. The van der Waals surface area contributed by atoms with Gasteiger partial charge in [0.2, 0.25) is 5.91 Å². The molecule has 0 aliphatic carbocycles. The van der Waals surface area contributed by atoms with Crippen LogP contribution in [0, 0.1) is 6.92 Å². The summed E-state index contributed by atoms with van der Waals surface area (Å²) in [5.41, 5.74) is 4.13. The molecule has 1 aliphatic heterocycles. The van der Waals surface area contributed by atoms with E-state index in [1.54, 1.807) is 0 Å². The molecule has 4 aromatic carbocycles. The molecule has 164 valence electrons. The number of aromatic nitrogens is 1. The van der Waals surface area contributed by atoms with Gasteiger partial charge in [-0.1, -0.05) is 48.5 Å². The second kappa shape index (κ2) is 7.07. The molecule has 0 fully saturated rings. The first-order chi connectivity index (χ1) is 15.9. The van der Waals surface area contributed by atoms with Crippen molar-refractivity contribution in [1.29, 1.82) is 0 Å². The van der Waals surface area contributed by atoms with E-state index in [2.05, 4.69) is 53.6 Å². The first-order valence-electron chi connectivity index (χ1n) is 11.2. The van der Waals surface area contributed by atoms with Gasteiger partial charge in [-0.3, -0.25) is 4.79 Å². The summed E-state index contributed by atoms with van der Waals surface area (Å²) in [6, 6.07) is 20.7. The number of hydrogen-bond donors (Lipinski definition) is 1. The molecule has 0 spiro atoms. The minimum Gasteiger partial charge on any atom is -0.484 e. The molecular weight excluding hydrogens is 412 g/mol. The van der Waals surface area contributed by atoms with E-state index < -0.39 is 5.60 Å². The molecule has 1 atom stereocenters. The van der Waals surface area contributed by atoms with Crippen molar-refractivity contribution >= 4 is 44.2 Å². The quantitative estimate of drug-likeness (QED) is 0.359. The Balaban J connectivity index is 1.50. The van der Waals surface area contributed by atoms with Crippen LogP contribution in [-0.2, 0) is 17.6 Å². The summed E-state index contributed by atoms with van der Waals surface area (Å²) in [6.45, 7) is 5.54. The first kappa shape index (κ1) is 19.8. The van der Waals surface area contributed by atoms with Crippen molar-refractivity contribution in [2.24, 2.45) is 0 Å². The zero-order valence-electron chi connectivity index (χ0n) is 18.9. The van der Waals surface area contributed by atoms with Gasteiger partial charge in [-0.05, 0) is 40.6 Å². The largest absolute Gasteiger partial charge is 0.484 e. The maximum atomic E-state index is 11.9. The Morgan fingerprint density at radius 3 is 2.52 bits per heavy atom. The molecule has 6 rings (SSSR count). The third-order valence-corrected chi connectivity index (χ3v) is 6.48. The number of rotatable bonds is 3. The fourth-order valence-corrected chi connectivity index (χ4v) is 5.21. The van der Waals surface area contributed by atoms with Crippen LogP contribution in [0.2, 0.25) is 0 Å². The molecule has 33 heavy (non-hydrogen) atoms. The number of ether oxygens (including phenoxy) is 1. The highest BCUT2D eigenvalue weighted by atomic mass is 16.5. The van der Waals surface area contributed by atoms with Crippen LogP contribution in [0.4, 0.5) is 5.69 Å². The molecule has 5 heteroatoms.